The lowest BCUT2D eigenvalue weighted by atomic mass is 10.00. The van der Waals surface area contributed by atoms with Crippen LogP contribution in [0.4, 0.5) is 0 Å². The molecule has 2 N–H and O–H groups in total. The molecule has 0 aliphatic carbocycles. The van der Waals surface area contributed by atoms with Gasteiger partial charge in [0.2, 0.25) is 0 Å². The lowest BCUT2D eigenvalue weighted by molar-refractivity contribution is 0.0952. The van der Waals surface area contributed by atoms with Crippen LogP contribution in [0.5, 0.6) is 0 Å². The molecule has 1 amide bonds. The molecular weight excluding hydrogens is 324 g/mol. The molecule has 0 radical (unpaired) electrons. The standard InChI is InChI=1S/C22H18N2O2/c25-14-17-8-2-1-7-16(17)13-24-22(26)20-12-15-6-3-4-9-18(15)19-10-5-11-23-21(19)20/h1-12,25H,13-14H2,(H,24,26). The largest absolute Gasteiger partial charge is 0.392 e. The normalized spacial score (nSPS) is 11.0. The van der Waals surface area contributed by atoms with Crippen molar-refractivity contribution in [1.82, 2.24) is 10.3 Å². The van der Waals surface area contributed by atoms with E-state index in [0.29, 0.717) is 17.6 Å². The van der Waals surface area contributed by atoms with Crippen molar-refractivity contribution < 1.29 is 9.90 Å². The number of fused-ring (bicyclic) bond motifs is 3. The number of aliphatic hydroxyl groups excluding tert-OH is 1. The SMILES string of the molecule is O=C(NCc1ccccc1CO)c1cc2ccccc2c2cccnc12. The van der Waals surface area contributed by atoms with Gasteiger partial charge in [0.05, 0.1) is 17.7 Å². The summed E-state index contributed by atoms with van der Waals surface area (Å²) in [6.07, 6.45) is 1.70. The van der Waals surface area contributed by atoms with Crippen LogP contribution in [0.1, 0.15) is 21.5 Å². The third kappa shape index (κ3) is 2.91. The molecule has 0 saturated heterocycles. The first-order chi connectivity index (χ1) is 12.8. The molecule has 26 heavy (non-hydrogen) atoms. The van der Waals surface area contributed by atoms with Crippen molar-refractivity contribution in [1.29, 1.82) is 0 Å². The summed E-state index contributed by atoms with van der Waals surface area (Å²) in [5.41, 5.74) is 2.97. The number of amides is 1. The molecule has 1 aromatic heterocycles. The first-order valence-corrected chi connectivity index (χ1v) is 8.50. The first kappa shape index (κ1) is 16.2. The van der Waals surface area contributed by atoms with Crippen LogP contribution in [0.25, 0.3) is 21.7 Å². The average molecular weight is 342 g/mol. The molecule has 0 fully saturated rings. The summed E-state index contributed by atoms with van der Waals surface area (Å²) >= 11 is 0. The number of carbonyl (C=O) groups excluding carboxylic acids is 1. The van der Waals surface area contributed by atoms with Crippen molar-refractivity contribution >= 4 is 27.6 Å². The number of hydrogen-bond acceptors (Lipinski definition) is 3. The highest BCUT2D eigenvalue weighted by molar-refractivity contribution is 6.15. The monoisotopic (exact) mass is 342 g/mol. The number of nitrogens with one attached hydrogen (secondary N) is 1. The zero-order valence-electron chi connectivity index (χ0n) is 14.1. The van der Waals surface area contributed by atoms with Gasteiger partial charge >= 0.3 is 0 Å². The van der Waals surface area contributed by atoms with Gasteiger partial charge in [0.15, 0.2) is 0 Å². The van der Waals surface area contributed by atoms with E-state index in [1.54, 1.807) is 6.20 Å². The van der Waals surface area contributed by atoms with Gasteiger partial charge < -0.3 is 10.4 Å². The minimum atomic E-state index is -0.174. The maximum Gasteiger partial charge on any atom is 0.253 e. The maximum absolute atomic E-state index is 12.9. The van der Waals surface area contributed by atoms with E-state index in [4.69, 9.17) is 0 Å². The van der Waals surface area contributed by atoms with Gasteiger partial charge in [-0.3, -0.25) is 9.78 Å². The average Bonchev–Trinajstić information content (AvgIpc) is 2.71. The Kier molecular flexibility index (Phi) is 4.33. The van der Waals surface area contributed by atoms with Gasteiger partial charge in [0.25, 0.3) is 5.91 Å². The molecule has 0 aliphatic rings. The predicted molar refractivity (Wildman–Crippen MR) is 103 cm³/mol. The highest BCUT2D eigenvalue weighted by Gasteiger charge is 2.14. The predicted octanol–water partition coefficient (Wildman–Crippen LogP) is 3.81. The van der Waals surface area contributed by atoms with Crippen LogP contribution in [0.3, 0.4) is 0 Å². The van der Waals surface area contributed by atoms with Gasteiger partial charge in [0, 0.05) is 18.1 Å². The molecule has 0 bridgehead atoms. The van der Waals surface area contributed by atoms with E-state index in [9.17, 15) is 9.90 Å². The Hall–Kier alpha value is -3.24. The molecule has 4 aromatic rings. The fourth-order valence-corrected chi connectivity index (χ4v) is 3.26. The summed E-state index contributed by atoms with van der Waals surface area (Å²) in [5.74, 6) is -0.174. The molecule has 4 heteroatoms. The molecule has 3 aromatic carbocycles. The van der Waals surface area contributed by atoms with Gasteiger partial charge in [-0.1, -0.05) is 54.6 Å². The number of aliphatic hydroxyl groups is 1. The van der Waals surface area contributed by atoms with E-state index >= 15 is 0 Å². The van der Waals surface area contributed by atoms with Crippen molar-refractivity contribution in [2.45, 2.75) is 13.2 Å². The van der Waals surface area contributed by atoms with Crippen LogP contribution in [-0.4, -0.2) is 16.0 Å². The summed E-state index contributed by atoms with van der Waals surface area (Å²) < 4.78 is 0. The topological polar surface area (TPSA) is 62.2 Å². The zero-order chi connectivity index (χ0) is 17.9. The molecule has 0 atom stereocenters. The summed E-state index contributed by atoms with van der Waals surface area (Å²) in [5, 5.41) is 15.4. The van der Waals surface area contributed by atoms with Crippen molar-refractivity contribution in [2.24, 2.45) is 0 Å². The lowest BCUT2D eigenvalue weighted by Gasteiger charge is -2.12. The molecule has 128 valence electrons. The fraction of sp³-hybridized carbons (Fsp3) is 0.0909. The van der Waals surface area contributed by atoms with Crippen molar-refractivity contribution in [3.8, 4) is 0 Å². The smallest absolute Gasteiger partial charge is 0.253 e. The molecular formula is C22H18N2O2. The molecule has 4 rings (SSSR count). The van der Waals surface area contributed by atoms with Gasteiger partial charge in [0.1, 0.15) is 0 Å². The van der Waals surface area contributed by atoms with Crippen molar-refractivity contribution in [3.63, 3.8) is 0 Å². The number of carbonyl (C=O) groups is 1. The minimum absolute atomic E-state index is 0.0491. The number of nitrogens with zero attached hydrogens (tertiary/aromatic N) is 1. The number of benzene rings is 3. The highest BCUT2D eigenvalue weighted by Crippen LogP contribution is 2.27. The minimum Gasteiger partial charge on any atom is -0.392 e. The van der Waals surface area contributed by atoms with Crippen LogP contribution < -0.4 is 5.32 Å². The van der Waals surface area contributed by atoms with Crippen molar-refractivity contribution in [3.05, 3.63) is 89.6 Å². The van der Waals surface area contributed by atoms with E-state index < -0.39 is 0 Å². The van der Waals surface area contributed by atoms with Crippen LogP contribution in [0, 0.1) is 0 Å². The first-order valence-electron chi connectivity index (χ1n) is 8.50. The van der Waals surface area contributed by atoms with Crippen LogP contribution >= 0.6 is 0 Å². The molecule has 0 aliphatic heterocycles. The molecule has 1 heterocycles. The Morgan fingerprint density at radius 2 is 1.65 bits per heavy atom. The molecule has 0 unspecified atom stereocenters. The third-order valence-corrected chi connectivity index (χ3v) is 4.59. The fourth-order valence-electron chi connectivity index (χ4n) is 3.26. The van der Waals surface area contributed by atoms with E-state index in [2.05, 4.69) is 10.3 Å². The second kappa shape index (κ2) is 6.94. The van der Waals surface area contributed by atoms with Gasteiger partial charge in [-0.25, -0.2) is 0 Å². The van der Waals surface area contributed by atoms with Gasteiger partial charge in [-0.05, 0) is 34.0 Å². The zero-order valence-corrected chi connectivity index (χ0v) is 14.1. The van der Waals surface area contributed by atoms with E-state index in [1.165, 1.54) is 0 Å². The number of aromatic nitrogens is 1. The Morgan fingerprint density at radius 3 is 2.50 bits per heavy atom. The number of rotatable bonds is 4. The number of pyridine rings is 1. The van der Waals surface area contributed by atoms with E-state index in [1.807, 2.05) is 66.7 Å². The van der Waals surface area contributed by atoms with Crippen molar-refractivity contribution in [2.75, 3.05) is 0 Å². The summed E-state index contributed by atoms with van der Waals surface area (Å²) in [6, 6.07) is 21.3. The lowest BCUT2D eigenvalue weighted by Crippen LogP contribution is -2.24. The Labute approximate surface area is 151 Å². The van der Waals surface area contributed by atoms with Gasteiger partial charge in [-0.15, -0.1) is 0 Å². The van der Waals surface area contributed by atoms with Crippen LogP contribution in [0.2, 0.25) is 0 Å². The van der Waals surface area contributed by atoms with Crippen LogP contribution in [0.15, 0.2) is 72.9 Å². The Balaban J connectivity index is 1.72. The third-order valence-electron chi connectivity index (χ3n) is 4.59. The van der Waals surface area contributed by atoms with Crippen LogP contribution in [-0.2, 0) is 13.2 Å². The Bertz CT molecular complexity index is 1110. The second-order valence-corrected chi connectivity index (χ2v) is 6.15. The highest BCUT2D eigenvalue weighted by atomic mass is 16.3. The van der Waals surface area contributed by atoms with E-state index in [0.717, 1.165) is 27.3 Å². The second-order valence-electron chi connectivity index (χ2n) is 6.15. The summed E-state index contributed by atoms with van der Waals surface area (Å²) in [6.45, 7) is 0.309. The summed E-state index contributed by atoms with van der Waals surface area (Å²) in [7, 11) is 0. The Morgan fingerprint density at radius 1 is 0.923 bits per heavy atom. The molecule has 0 spiro atoms. The van der Waals surface area contributed by atoms with E-state index in [-0.39, 0.29) is 12.5 Å². The maximum atomic E-state index is 12.9. The molecule has 0 saturated carbocycles. The summed E-state index contributed by atoms with van der Waals surface area (Å²) in [4.78, 5) is 17.3. The molecule has 4 nitrogen and oxygen atoms in total. The van der Waals surface area contributed by atoms with Gasteiger partial charge in [-0.2, -0.15) is 0 Å². The number of hydrogen-bond donors (Lipinski definition) is 2. The quantitative estimate of drug-likeness (QED) is 0.554.